The van der Waals surface area contributed by atoms with Gasteiger partial charge in [-0.3, -0.25) is 4.79 Å². The summed E-state index contributed by atoms with van der Waals surface area (Å²) >= 11 is 0. The second kappa shape index (κ2) is 5.31. The number of amides is 1. The van der Waals surface area contributed by atoms with Crippen LogP contribution in [-0.2, 0) is 13.5 Å². The number of hydrogen-bond acceptors (Lipinski definition) is 4. The zero-order valence-corrected chi connectivity index (χ0v) is 10.1. The van der Waals surface area contributed by atoms with E-state index in [1.165, 1.54) is 0 Å². The molecule has 2 aromatic heterocycles. The first-order valence-corrected chi connectivity index (χ1v) is 5.63. The molecule has 0 aliphatic heterocycles. The number of aryl methyl sites for hydroxylation is 1. The van der Waals surface area contributed by atoms with Crippen molar-refractivity contribution >= 4 is 11.7 Å². The highest BCUT2D eigenvalue weighted by Crippen LogP contribution is 2.06. The van der Waals surface area contributed by atoms with Gasteiger partial charge in [-0.15, -0.1) is 0 Å². The molecule has 0 saturated carbocycles. The number of nitrogens with zero attached hydrogens (tertiary/aromatic N) is 3. The number of carbonyl (C=O) groups is 1. The van der Waals surface area contributed by atoms with Crippen LogP contribution in [0.4, 0.5) is 5.82 Å². The molecular weight excluding hydrogens is 230 g/mol. The first kappa shape index (κ1) is 12.1. The van der Waals surface area contributed by atoms with Crippen LogP contribution in [0.25, 0.3) is 0 Å². The molecule has 0 radical (unpaired) electrons. The first-order chi connectivity index (χ1) is 8.68. The van der Waals surface area contributed by atoms with E-state index in [0.29, 0.717) is 18.5 Å². The molecule has 2 heterocycles. The number of pyridine rings is 1. The molecule has 0 bridgehead atoms. The van der Waals surface area contributed by atoms with Crippen molar-refractivity contribution < 1.29 is 4.79 Å². The Morgan fingerprint density at radius 1 is 1.44 bits per heavy atom. The average molecular weight is 245 g/mol. The van der Waals surface area contributed by atoms with Gasteiger partial charge < -0.3 is 15.6 Å². The predicted octanol–water partition coefficient (Wildman–Crippen LogP) is 0.370. The second-order valence-corrected chi connectivity index (χ2v) is 3.90. The number of nitrogens with two attached hydrogens (primary N) is 1. The third kappa shape index (κ3) is 2.65. The summed E-state index contributed by atoms with van der Waals surface area (Å²) in [6.45, 7) is 0.512. The lowest BCUT2D eigenvalue weighted by Crippen LogP contribution is -2.27. The Labute approximate surface area is 105 Å². The SMILES string of the molecule is Cn1ccnc1CCNC(=O)c1cccnc1N. The van der Waals surface area contributed by atoms with E-state index in [-0.39, 0.29) is 11.7 Å². The van der Waals surface area contributed by atoms with Crippen molar-refractivity contribution in [2.75, 3.05) is 12.3 Å². The summed E-state index contributed by atoms with van der Waals surface area (Å²) in [5, 5.41) is 2.79. The maximum absolute atomic E-state index is 11.8. The van der Waals surface area contributed by atoms with Crippen molar-refractivity contribution in [3.63, 3.8) is 0 Å². The van der Waals surface area contributed by atoms with Gasteiger partial charge in [0.25, 0.3) is 5.91 Å². The van der Waals surface area contributed by atoms with Gasteiger partial charge in [-0.1, -0.05) is 0 Å². The van der Waals surface area contributed by atoms with Crippen LogP contribution in [0.1, 0.15) is 16.2 Å². The summed E-state index contributed by atoms with van der Waals surface area (Å²) in [6.07, 6.45) is 5.84. The van der Waals surface area contributed by atoms with E-state index in [4.69, 9.17) is 5.73 Å². The van der Waals surface area contributed by atoms with E-state index in [0.717, 1.165) is 5.82 Å². The van der Waals surface area contributed by atoms with Gasteiger partial charge in [0.1, 0.15) is 11.6 Å². The summed E-state index contributed by atoms with van der Waals surface area (Å²) < 4.78 is 1.92. The van der Waals surface area contributed by atoms with Gasteiger partial charge in [-0.05, 0) is 12.1 Å². The van der Waals surface area contributed by atoms with Crippen molar-refractivity contribution in [1.29, 1.82) is 0 Å². The Kier molecular flexibility index (Phi) is 3.57. The van der Waals surface area contributed by atoms with Crippen LogP contribution < -0.4 is 11.1 Å². The largest absolute Gasteiger partial charge is 0.383 e. The number of hydrogen-bond donors (Lipinski definition) is 2. The molecule has 18 heavy (non-hydrogen) atoms. The topological polar surface area (TPSA) is 85.8 Å². The van der Waals surface area contributed by atoms with Gasteiger partial charge in [0.05, 0.1) is 5.56 Å². The predicted molar refractivity (Wildman–Crippen MR) is 67.9 cm³/mol. The number of rotatable bonds is 4. The molecule has 0 fully saturated rings. The van der Waals surface area contributed by atoms with E-state index in [1.54, 1.807) is 24.5 Å². The fourth-order valence-electron chi connectivity index (χ4n) is 1.63. The number of nitrogens with one attached hydrogen (secondary N) is 1. The number of anilines is 1. The maximum Gasteiger partial charge on any atom is 0.255 e. The molecule has 0 atom stereocenters. The smallest absolute Gasteiger partial charge is 0.255 e. The molecule has 0 spiro atoms. The van der Waals surface area contributed by atoms with Crippen LogP contribution in [-0.4, -0.2) is 27.0 Å². The molecule has 0 unspecified atom stereocenters. The van der Waals surface area contributed by atoms with Crippen LogP contribution in [0.2, 0.25) is 0 Å². The van der Waals surface area contributed by atoms with E-state index < -0.39 is 0 Å². The fourth-order valence-corrected chi connectivity index (χ4v) is 1.63. The lowest BCUT2D eigenvalue weighted by atomic mass is 10.2. The summed E-state index contributed by atoms with van der Waals surface area (Å²) in [5.41, 5.74) is 6.02. The molecule has 0 saturated heterocycles. The highest BCUT2D eigenvalue weighted by atomic mass is 16.1. The van der Waals surface area contributed by atoms with Gasteiger partial charge in [0, 0.05) is 38.6 Å². The third-order valence-corrected chi connectivity index (χ3v) is 2.64. The molecule has 0 aliphatic rings. The number of nitrogen functional groups attached to an aromatic ring is 1. The standard InChI is InChI=1S/C12H15N5O/c1-17-8-7-14-10(17)4-6-16-12(18)9-3-2-5-15-11(9)13/h2-3,5,7-8H,4,6H2,1H3,(H2,13,15)(H,16,18). The van der Waals surface area contributed by atoms with E-state index in [2.05, 4.69) is 15.3 Å². The van der Waals surface area contributed by atoms with Crippen LogP contribution in [0.5, 0.6) is 0 Å². The van der Waals surface area contributed by atoms with Crippen LogP contribution in [0, 0.1) is 0 Å². The Hall–Kier alpha value is -2.37. The minimum Gasteiger partial charge on any atom is -0.383 e. The second-order valence-electron chi connectivity index (χ2n) is 3.90. The normalized spacial score (nSPS) is 10.3. The Morgan fingerprint density at radius 3 is 2.94 bits per heavy atom. The molecule has 0 aliphatic carbocycles. The summed E-state index contributed by atoms with van der Waals surface area (Å²) in [5.74, 6) is 0.955. The quantitative estimate of drug-likeness (QED) is 0.814. The minimum atomic E-state index is -0.213. The van der Waals surface area contributed by atoms with Crippen molar-refractivity contribution in [1.82, 2.24) is 19.9 Å². The number of carbonyl (C=O) groups excluding carboxylic acids is 1. The molecule has 2 aromatic rings. The zero-order chi connectivity index (χ0) is 13.0. The Bertz CT molecular complexity index is 549. The van der Waals surface area contributed by atoms with Crippen molar-refractivity contribution in [3.05, 3.63) is 42.1 Å². The minimum absolute atomic E-state index is 0.213. The van der Waals surface area contributed by atoms with Crippen LogP contribution >= 0.6 is 0 Å². The van der Waals surface area contributed by atoms with E-state index in [1.807, 2.05) is 17.8 Å². The van der Waals surface area contributed by atoms with Gasteiger partial charge in [-0.2, -0.15) is 0 Å². The molecule has 94 valence electrons. The summed E-state index contributed by atoms with van der Waals surface area (Å²) in [4.78, 5) is 19.9. The molecule has 6 nitrogen and oxygen atoms in total. The number of imidazole rings is 1. The molecule has 2 rings (SSSR count). The fraction of sp³-hybridized carbons (Fsp3) is 0.250. The molecule has 1 amide bonds. The maximum atomic E-state index is 11.8. The van der Waals surface area contributed by atoms with Crippen molar-refractivity contribution in [3.8, 4) is 0 Å². The van der Waals surface area contributed by atoms with E-state index in [9.17, 15) is 4.79 Å². The summed E-state index contributed by atoms with van der Waals surface area (Å²) in [6, 6.07) is 3.34. The Morgan fingerprint density at radius 2 is 2.28 bits per heavy atom. The summed E-state index contributed by atoms with van der Waals surface area (Å²) in [7, 11) is 1.92. The molecule has 0 aromatic carbocycles. The Balaban J connectivity index is 1.90. The monoisotopic (exact) mass is 245 g/mol. The highest BCUT2D eigenvalue weighted by molar-refractivity contribution is 5.98. The van der Waals surface area contributed by atoms with Crippen LogP contribution in [0.15, 0.2) is 30.7 Å². The van der Waals surface area contributed by atoms with Gasteiger partial charge >= 0.3 is 0 Å². The van der Waals surface area contributed by atoms with Gasteiger partial charge in [0.2, 0.25) is 0 Å². The number of aromatic nitrogens is 3. The zero-order valence-electron chi connectivity index (χ0n) is 10.1. The van der Waals surface area contributed by atoms with E-state index >= 15 is 0 Å². The van der Waals surface area contributed by atoms with Crippen molar-refractivity contribution in [2.24, 2.45) is 7.05 Å². The third-order valence-electron chi connectivity index (χ3n) is 2.64. The molecular formula is C12H15N5O. The highest BCUT2D eigenvalue weighted by Gasteiger charge is 2.09. The first-order valence-electron chi connectivity index (χ1n) is 5.63. The van der Waals surface area contributed by atoms with Gasteiger partial charge in [-0.25, -0.2) is 9.97 Å². The lowest BCUT2D eigenvalue weighted by molar-refractivity contribution is 0.0954. The average Bonchev–Trinajstić information content (AvgIpc) is 2.75. The van der Waals surface area contributed by atoms with Crippen LogP contribution in [0.3, 0.4) is 0 Å². The van der Waals surface area contributed by atoms with Gasteiger partial charge in [0.15, 0.2) is 0 Å². The molecule has 6 heteroatoms. The molecule has 3 N–H and O–H groups in total. The van der Waals surface area contributed by atoms with Crippen molar-refractivity contribution in [2.45, 2.75) is 6.42 Å². The lowest BCUT2D eigenvalue weighted by Gasteiger charge is -2.06.